The van der Waals surface area contributed by atoms with Crippen LogP contribution in [0.2, 0.25) is 0 Å². The number of methoxy groups -OCH3 is 1. The van der Waals surface area contributed by atoms with Crippen molar-refractivity contribution in [3.8, 4) is 0 Å². The van der Waals surface area contributed by atoms with E-state index in [9.17, 15) is 4.79 Å². The molecule has 0 spiro atoms. The highest BCUT2D eigenvalue weighted by Crippen LogP contribution is 2.27. The molecule has 4 rings (SSSR count). The Bertz CT molecular complexity index is 877. The average Bonchev–Trinajstić information content (AvgIpc) is 3.32. The number of benzene rings is 1. The summed E-state index contributed by atoms with van der Waals surface area (Å²) < 4.78 is 7.33. The summed E-state index contributed by atoms with van der Waals surface area (Å²) in [5, 5.41) is 8.75. The summed E-state index contributed by atoms with van der Waals surface area (Å²) >= 11 is 0. The molecule has 0 atom stereocenters. The van der Waals surface area contributed by atoms with E-state index in [2.05, 4.69) is 19.7 Å². The Morgan fingerprint density at radius 3 is 2.56 bits per heavy atom. The van der Waals surface area contributed by atoms with Gasteiger partial charge in [0, 0.05) is 45.1 Å². The number of ether oxygens (including phenoxy) is 1. The Kier molecular flexibility index (Phi) is 5.15. The third kappa shape index (κ3) is 3.85. The predicted octanol–water partition coefficient (Wildman–Crippen LogP) is 1.68. The lowest BCUT2D eigenvalue weighted by molar-refractivity contribution is -0.133. The Morgan fingerprint density at radius 2 is 1.89 bits per heavy atom. The van der Waals surface area contributed by atoms with Crippen molar-refractivity contribution in [2.45, 2.75) is 31.8 Å². The maximum atomic E-state index is 12.6. The van der Waals surface area contributed by atoms with Crippen molar-refractivity contribution in [3.63, 3.8) is 0 Å². The van der Waals surface area contributed by atoms with Gasteiger partial charge in [0.2, 0.25) is 5.91 Å². The largest absolute Gasteiger partial charge is 0.383 e. The van der Waals surface area contributed by atoms with E-state index < -0.39 is 0 Å². The Hall–Kier alpha value is -2.74. The van der Waals surface area contributed by atoms with Crippen molar-refractivity contribution < 1.29 is 9.53 Å². The number of likely N-dealkylation sites (tertiary alicyclic amines) is 1. The summed E-state index contributed by atoms with van der Waals surface area (Å²) in [4.78, 5) is 20.6. The number of rotatable bonds is 6. The van der Waals surface area contributed by atoms with Crippen LogP contribution in [0.5, 0.6) is 0 Å². The third-order valence-electron chi connectivity index (χ3n) is 5.10. The summed E-state index contributed by atoms with van der Waals surface area (Å²) in [6.45, 7) is 3.14. The minimum atomic E-state index is 0.0662. The number of carbonyl (C=O) groups is 1. The molecule has 0 radical (unpaired) electrons. The zero-order valence-corrected chi connectivity index (χ0v) is 15.5. The van der Waals surface area contributed by atoms with E-state index in [1.165, 1.54) is 4.80 Å². The first-order chi connectivity index (χ1) is 13.2. The van der Waals surface area contributed by atoms with E-state index in [0.717, 1.165) is 49.3 Å². The van der Waals surface area contributed by atoms with Crippen LogP contribution in [0.3, 0.4) is 0 Å². The highest BCUT2D eigenvalue weighted by atomic mass is 16.5. The van der Waals surface area contributed by atoms with Gasteiger partial charge in [-0.2, -0.15) is 15.0 Å². The van der Waals surface area contributed by atoms with Gasteiger partial charge in [-0.1, -0.05) is 12.1 Å². The monoisotopic (exact) mass is 368 g/mol. The molecule has 1 amide bonds. The fraction of sp³-hybridized carbons (Fsp3) is 0.474. The molecule has 8 heteroatoms. The predicted molar refractivity (Wildman–Crippen MR) is 100 cm³/mol. The molecule has 3 heterocycles. The first-order valence-electron chi connectivity index (χ1n) is 9.32. The number of nitrogens with zero attached hydrogens (tertiary/aromatic N) is 6. The van der Waals surface area contributed by atoms with E-state index in [1.807, 2.05) is 41.6 Å². The third-order valence-corrected chi connectivity index (χ3v) is 5.10. The smallest absolute Gasteiger partial charge is 0.246 e. The van der Waals surface area contributed by atoms with Gasteiger partial charge in [0.05, 0.1) is 6.61 Å². The lowest BCUT2D eigenvalue weighted by atomic mass is 9.96. The molecule has 0 unspecified atom stereocenters. The molecule has 1 aromatic carbocycles. The fourth-order valence-electron chi connectivity index (χ4n) is 3.64. The van der Waals surface area contributed by atoms with Gasteiger partial charge in [-0.05, 0) is 25.0 Å². The van der Waals surface area contributed by atoms with Crippen molar-refractivity contribution in [2.24, 2.45) is 0 Å². The zero-order valence-electron chi connectivity index (χ0n) is 15.5. The number of fused-ring (bicyclic) bond motifs is 1. The Balaban J connectivity index is 1.34. The number of aromatic nitrogens is 5. The van der Waals surface area contributed by atoms with E-state index >= 15 is 0 Å². The molecule has 8 nitrogen and oxygen atoms in total. The van der Waals surface area contributed by atoms with Crippen LogP contribution in [0.4, 0.5) is 0 Å². The van der Waals surface area contributed by atoms with Crippen LogP contribution >= 0.6 is 0 Å². The topological polar surface area (TPSA) is 78.1 Å². The maximum absolute atomic E-state index is 12.6. The molecule has 3 aromatic rings. The quantitative estimate of drug-likeness (QED) is 0.661. The van der Waals surface area contributed by atoms with Gasteiger partial charge < -0.3 is 14.2 Å². The first-order valence-corrected chi connectivity index (χ1v) is 9.32. The Morgan fingerprint density at radius 1 is 1.19 bits per heavy atom. The van der Waals surface area contributed by atoms with Crippen LogP contribution < -0.4 is 0 Å². The summed E-state index contributed by atoms with van der Waals surface area (Å²) in [6.07, 6.45) is 5.69. The molecule has 1 saturated heterocycles. The summed E-state index contributed by atoms with van der Waals surface area (Å²) in [7, 11) is 1.71. The van der Waals surface area contributed by atoms with Gasteiger partial charge >= 0.3 is 0 Å². The van der Waals surface area contributed by atoms with Gasteiger partial charge in [-0.25, -0.2) is 4.98 Å². The van der Waals surface area contributed by atoms with Gasteiger partial charge in [0.1, 0.15) is 23.4 Å². The highest BCUT2D eigenvalue weighted by molar-refractivity contribution is 5.77. The molecule has 0 bridgehead atoms. The van der Waals surface area contributed by atoms with E-state index in [-0.39, 0.29) is 12.5 Å². The van der Waals surface area contributed by atoms with Gasteiger partial charge in [0.25, 0.3) is 0 Å². The molecule has 1 aliphatic rings. The van der Waals surface area contributed by atoms with Crippen molar-refractivity contribution in [1.29, 1.82) is 0 Å². The Labute approximate surface area is 157 Å². The molecule has 27 heavy (non-hydrogen) atoms. The van der Waals surface area contributed by atoms with Crippen LogP contribution in [0.1, 0.15) is 24.6 Å². The summed E-state index contributed by atoms with van der Waals surface area (Å²) in [5.41, 5.74) is 1.62. The van der Waals surface area contributed by atoms with Crippen molar-refractivity contribution in [2.75, 3.05) is 26.8 Å². The van der Waals surface area contributed by atoms with E-state index in [4.69, 9.17) is 4.74 Å². The molecular formula is C19H24N6O2. The summed E-state index contributed by atoms with van der Waals surface area (Å²) in [6, 6.07) is 7.65. The van der Waals surface area contributed by atoms with Crippen LogP contribution in [0.15, 0.2) is 36.7 Å². The number of amides is 1. The van der Waals surface area contributed by atoms with Gasteiger partial charge in [0.15, 0.2) is 0 Å². The highest BCUT2D eigenvalue weighted by Gasteiger charge is 2.26. The first kappa shape index (κ1) is 17.7. The second-order valence-corrected chi connectivity index (χ2v) is 6.85. The number of hydrogen-bond acceptors (Lipinski definition) is 5. The van der Waals surface area contributed by atoms with Gasteiger partial charge in [-0.3, -0.25) is 4.79 Å². The normalized spacial score (nSPS) is 15.5. The van der Waals surface area contributed by atoms with Crippen LogP contribution in [0, 0.1) is 0 Å². The second kappa shape index (κ2) is 7.87. The van der Waals surface area contributed by atoms with Crippen LogP contribution in [-0.2, 0) is 22.6 Å². The molecule has 1 fully saturated rings. The van der Waals surface area contributed by atoms with Crippen molar-refractivity contribution >= 4 is 16.9 Å². The molecular weight excluding hydrogens is 344 g/mol. The van der Waals surface area contributed by atoms with E-state index in [0.29, 0.717) is 12.5 Å². The molecule has 0 saturated carbocycles. The molecule has 2 aromatic heterocycles. The number of hydrogen-bond donors (Lipinski definition) is 0. The second-order valence-electron chi connectivity index (χ2n) is 6.85. The zero-order chi connectivity index (χ0) is 18.6. The minimum Gasteiger partial charge on any atom is -0.383 e. The fourth-order valence-corrected chi connectivity index (χ4v) is 3.64. The minimum absolute atomic E-state index is 0.0662. The number of carbonyl (C=O) groups excluding carboxylic acids is 1. The molecule has 142 valence electrons. The number of imidazole rings is 1. The lowest BCUT2D eigenvalue weighted by Crippen LogP contribution is -2.40. The molecule has 0 N–H and O–H groups in total. The number of piperidine rings is 1. The van der Waals surface area contributed by atoms with Crippen molar-refractivity contribution in [3.05, 3.63) is 42.5 Å². The van der Waals surface area contributed by atoms with Crippen LogP contribution in [-0.4, -0.2) is 62.2 Å². The SMILES string of the molecule is COCCn1ccnc1C1CCN(C(=O)Cn2nc3ccccc3n2)CC1. The summed E-state index contributed by atoms with van der Waals surface area (Å²) in [5.74, 6) is 1.54. The molecule has 1 aliphatic heterocycles. The van der Waals surface area contributed by atoms with E-state index in [1.54, 1.807) is 7.11 Å². The lowest BCUT2D eigenvalue weighted by Gasteiger charge is -2.31. The van der Waals surface area contributed by atoms with Crippen LogP contribution in [0.25, 0.3) is 11.0 Å². The van der Waals surface area contributed by atoms with Crippen molar-refractivity contribution in [1.82, 2.24) is 29.4 Å². The molecule has 0 aliphatic carbocycles. The maximum Gasteiger partial charge on any atom is 0.246 e. The van der Waals surface area contributed by atoms with Gasteiger partial charge in [-0.15, -0.1) is 0 Å². The average molecular weight is 368 g/mol. The standard InChI is InChI=1S/C19H24N6O2/c1-27-13-12-24-11-8-20-19(24)15-6-9-23(10-7-15)18(26)14-25-21-16-4-2-3-5-17(16)22-25/h2-5,8,11,15H,6-7,9-10,12-14H2,1H3.